The molecule has 9 heteroatoms. The number of nitrogens with zero attached hydrogens (tertiary/aromatic N) is 4. The first kappa shape index (κ1) is 23.2. The van der Waals surface area contributed by atoms with Crippen LogP contribution in [0.25, 0.3) is 0 Å². The van der Waals surface area contributed by atoms with Gasteiger partial charge >= 0.3 is 0 Å². The largest absolute Gasteiger partial charge is 0.492 e. The van der Waals surface area contributed by atoms with Crippen molar-refractivity contribution in [2.24, 2.45) is 0 Å². The van der Waals surface area contributed by atoms with Crippen molar-refractivity contribution in [1.29, 1.82) is 0 Å². The molecule has 0 spiro atoms. The summed E-state index contributed by atoms with van der Waals surface area (Å²) >= 11 is 1.45. The summed E-state index contributed by atoms with van der Waals surface area (Å²) in [6.07, 6.45) is 0. The Balaban J connectivity index is 1.37. The average molecular weight is 474 g/mol. The summed E-state index contributed by atoms with van der Waals surface area (Å²) < 4.78 is 6.84. The van der Waals surface area contributed by atoms with Gasteiger partial charge in [0.15, 0.2) is 5.16 Å². The summed E-state index contributed by atoms with van der Waals surface area (Å²) in [5, 5.41) is 7.67. The minimum Gasteiger partial charge on any atom is -0.492 e. The highest BCUT2D eigenvalue weighted by molar-refractivity contribution is 7.99. The van der Waals surface area contributed by atoms with E-state index in [-0.39, 0.29) is 24.4 Å². The standard InChI is InChI=1S/C25H23N5O3S/c1-17-16-18(2)27-25(26-17)34-21-10-8-19(9-11-21)28-24(32)22-12-13-23(31)30(29-22)14-15-33-20-6-4-3-5-7-20/h3-13,16H,14-15H2,1-2H3,(H,28,32). The minimum absolute atomic E-state index is 0.140. The minimum atomic E-state index is -0.407. The maximum atomic E-state index is 12.7. The van der Waals surface area contributed by atoms with E-state index in [1.807, 2.05) is 62.4 Å². The van der Waals surface area contributed by atoms with Gasteiger partial charge in [-0.3, -0.25) is 9.59 Å². The van der Waals surface area contributed by atoms with Crippen molar-refractivity contribution in [3.63, 3.8) is 0 Å². The third-order valence-corrected chi connectivity index (χ3v) is 5.57. The monoisotopic (exact) mass is 473 g/mol. The molecule has 0 aliphatic heterocycles. The molecular weight excluding hydrogens is 450 g/mol. The van der Waals surface area contributed by atoms with Gasteiger partial charge in [-0.25, -0.2) is 14.6 Å². The van der Waals surface area contributed by atoms with E-state index in [0.717, 1.165) is 16.3 Å². The normalized spacial score (nSPS) is 10.6. The number of benzene rings is 2. The fourth-order valence-corrected chi connectivity index (χ4v) is 4.01. The Morgan fingerprint density at radius 2 is 1.68 bits per heavy atom. The Labute approximate surface area is 201 Å². The molecule has 8 nitrogen and oxygen atoms in total. The summed E-state index contributed by atoms with van der Waals surface area (Å²) in [6.45, 7) is 4.35. The van der Waals surface area contributed by atoms with Gasteiger partial charge in [0.1, 0.15) is 18.1 Å². The summed E-state index contributed by atoms with van der Waals surface area (Å²) in [4.78, 5) is 34.6. The molecule has 2 aromatic carbocycles. The molecule has 0 bridgehead atoms. The lowest BCUT2D eigenvalue weighted by atomic mass is 10.3. The van der Waals surface area contributed by atoms with Gasteiger partial charge in [0, 0.05) is 28.0 Å². The van der Waals surface area contributed by atoms with Crippen molar-refractivity contribution in [3.05, 3.63) is 100 Å². The van der Waals surface area contributed by atoms with Crippen LogP contribution in [-0.4, -0.2) is 32.3 Å². The van der Waals surface area contributed by atoms with Crippen molar-refractivity contribution < 1.29 is 9.53 Å². The highest BCUT2D eigenvalue weighted by Gasteiger charge is 2.11. The van der Waals surface area contributed by atoms with Crippen LogP contribution in [0.15, 0.2) is 87.6 Å². The molecular formula is C25H23N5O3S. The number of aromatic nitrogens is 4. The van der Waals surface area contributed by atoms with E-state index in [9.17, 15) is 9.59 Å². The zero-order chi connectivity index (χ0) is 23.9. The number of ether oxygens (including phenoxy) is 1. The van der Waals surface area contributed by atoms with Gasteiger partial charge in [-0.15, -0.1) is 0 Å². The average Bonchev–Trinajstić information content (AvgIpc) is 2.81. The predicted octanol–water partition coefficient (Wildman–Crippen LogP) is 4.13. The Morgan fingerprint density at radius 1 is 0.971 bits per heavy atom. The van der Waals surface area contributed by atoms with Gasteiger partial charge in [-0.05, 0) is 74.1 Å². The fraction of sp³-hybridized carbons (Fsp3) is 0.160. The van der Waals surface area contributed by atoms with E-state index in [1.165, 1.54) is 28.6 Å². The quantitative estimate of drug-likeness (QED) is 0.384. The highest BCUT2D eigenvalue weighted by atomic mass is 32.2. The molecule has 34 heavy (non-hydrogen) atoms. The molecule has 1 N–H and O–H groups in total. The van der Waals surface area contributed by atoms with Gasteiger partial charge in [-0.2, -0.15) is 5.10 Å². The smallest absolute Gasteiger partial charge is 0.276 e. The molecule has 2 heterocycles. The molecule has 0 unspecified atom stereocenters. The zero-order valence-electron chi connectivity index (χ0n) is 18.8. The van der Waals surface area contributed by atoms with Crippen LogP contribution in [0.3, 0.4) is 0 Å². The SMILES string of the molecule is Cc1cc(C)nc(Sc2ccc(NC(=O)c3ccc(=O)n(CCOc4ccccc4)n3)cc2)n1. The molecule has 0 fully saturated rings. The summed E-state index contributed by atoms with van der Waals surface area (Å²) in [5.74, 6) is 0.297. The molecule has 0 atom stereocenters. The number of carbonyl (C=O) groups excluding carboxylic acids is 1. The van der Waals surface area contributed by atoms with Crippen LogP contribution < -0.4 is 15.6 Å². The van der Waals surface area contributed by atoms with Crippen molar-refractivity contribution in [2.45, 2.75) is 30.4 Å². The zero-order valence-corrected chi connectivity index (χ0v) is 19.6. The summed E-state index contributed by atoms with van der Waals surface area (Å²) in [5.41, 5.74) is 2.28. The van der Waals surface area contributed by atoms with Crippen molar-refractivity contribution in [1.82, 2.24) is 19.7 Å². The van der Waals surface area contributed by atoms with Crippen LogP contribution in [0.4, 0.5) is 5.69 Å². The molecule has 0 saturated carbocycles. The number of hydrogen-bond donors (Lipinski definition) is 1. The lowest BCUT2D eigenvalue weighted by Gasteiger charge is -2.09. The Hall–Kier alpha value is -3.98. The Bertz CT molecular complexity index is 1320. The molecule has 0 saturated heterocycles. The Kier molecular flexibility index (Phi) is 7.34. The highest BCUT2D eigenvalue weighted by Crippen LogP contribution is 2.26. The van der Waals surface area contributed by atoms with Crippen LogP contribution in [0, 0.1) is 13.8 Å². The molecule has 1 amide bonds. The van der Waals surface area contributed by atoms with Gasteiger partial charge in [0.25, 0.3) is 11.5 Å². The van der Waals surface area contributed by atoms with E-state index in [2.05, 4.69) is 20.4 Å². The second kappa shape index (κ2) is 10.8. The molecule has 2 aromatic heterocycles. The van der Waals surface area contributed by atoms with Crippen molar-refractivity contribution in [3.8, 4) is 5.75 Å². The number of para-hydroxylation sites is 1. The maximum absolute atomic E-state index is 12.7. The first-order valence-electron chi connectivity index (χ1n) is 10.6. The first-order valence-corrected chi connectivity index (χ1v) is 11.5. The van der Waals surface area contributed by atoms with Gasteiger partial charge in [-0.1, -0.05) is 18.2 Å². The number of carbonyl (C=O) groups is 1. The van der Waals surface area contributed by atoms with E-state index in [0.29, 0.717) is 16.6 Å². The van der Waals surface area contributed by atoms with Crippen LogP contribution in [-0.2, 0) is 6.54 Å². The maximum Gasteiger partial charge on any atom is 0.276 e. The second-order valence-electron chi connectivity index (χ2n) is 7.46. The third kappa shape index (κ3) is 6.29. The molecule has 0 radical (unpaired) electrons. The Morgan fingerprint density at radius 3 is 2.38 bits per heavy atom. The number of aryl methyl sites for hydroxylation is 2. The van der Waals surface area contributed by atoms with Crippen LogP contribution in [0.2, 0.25) is 0 Å². The van der Waals surface area contributed by atoms with E-state index in [1.54, 1.807) is 12.1 Å². The van der Waals surface area contributed by atoms with Crippen LogP contribution >= 0.6 is 11.8 Å². The van der Waals surface area contributed by atoms with Crippen LogP contribution in [0.5, 0.6) is 5.75 Å². The van der Waals surface area contributed by atoms with E-state index < -0.39 is 5.91 Å². The topological polar surface area (TPSA) is 99.0 Å². The van der Waals surface area contributed by atoms with Gasteiger partial charge < -0.3 is 10.1 Å². The summed E-state index contributed by atoms with van der Waals surface area (Å²) in [7, 11) is 0. The van der Waals surface area contributed by atoms with Crippen LogP contribution in [0.1, 0.15) is 21.9 Å². The third-order valence-electron chi connectivity index (χ3n) is 4.70. The molecule has 0 aliphatic carbocycles. The summed E-state index contributed by atoms with van der Waals surface area (Å²) in [6, 6.07) is 21.3. The van der Waals surface area contributed by atoms with Gasteiger partial charge in [0.05, 0.1) is 6.54 Å². The van der Waals surface area contributed by atoms with E-state index in [4.69, 9.17) is 4.74 Å². The van der Waals surface area contributed by atoms with Gasteiger partial charge in [0.2, 0.25) is 0 Å². The van der Waals surface area contributed by atoms with Crippen molar-refractivity contribution >= 4 is 23.4 Å². The number of rotatable bonds is 8. The number of nitrogens with one attached hydrogen (secondary N) is 1. The van der Waals surface area contributed by atoms with E-state index >= 15 is 0 Å². The predicted molar refractivity (Wildman–Crippen MR) is 130 cm³/mol. The number of hydrogen-bond acceptors (Lipinski definition) is 7. The number of amides is 1. The molecule has 0 aliphatic rings. The fourth-order valence-electron chi connectivity index (χ4n) is 3.14. The molecule has 4 aromatic rings. The number of anilines is 1. The first-order chi connectivity index (χ1) is 16.5. The molecule has 4 rings (SSSR count). The second-order valence-corrected chi connectivity index (χ2v) is 8.50. The lowest BCUT2D eigenvalue weighted by molar-refractivity contribution is 0.101. The molecule has 172 valence electrons. The lowest BCUT2D eigenvalue weighted by Crippen LogP contribution is -2.28. The van der Waals surface area contributed by atoms with Crippen molar-refractivity contribution in [2.75, 3.05) is 11.9 Å².